The van der Waals surface area contributed by atoms with Crippen LogP contribution >= 0.6 is 0 Å². The molecule has 1 unspecified atom stereocenters. The number of nitrogens with zero attached hydrogens (tertiary/aromatic N) is 2. The molecule has 1 rings (SSSR count). The van der Waals surface area contributed by atoms with Crippen molar-refractivity contribution >= 4 is 5.84 Å². The molecule has 94 valence electrons. The molecule has 0 aliphatic rings. The third kappa shape index (κ3) is 3.42. The van der Waals surface area contributed by atoms with E-state index in [1.807, 2.05) is 18.9 Å². The summed E-state index contributed by atoms with van der Waals surface area (Å²) in [4.78, 5) is 1.85. The van der Waals surface area contributed by atoms with Gasteiger partial charge in [0, 0.05) is 12.1 Å². The van der Waals surface area contributed by atoms with Crippen LogP contribution < -0.4 is 5.73 Å². The summed E-state index contributed by atoms with van der Waals surface area (Å²) in [6.07, 6.45) is 0.695. The molecule has 0 fully saturated rings. The SMILES string of the molecule is CCC(C(N)=NO)N(C)Cc1ccccc1F. The van der Waals surface area contributed by atoms with Crippen molar-refractivity contribution in [1.29, 1.82) is 0 Å². The van der Waals surface area contributed by atoms with Crippen LogP contribution in [0.2, 0.25) is 0 Å². The Hall–Kier alpha value is -1.62. The molecule has 1 aromatic rings. The van der Waals surface area contributed by atoms with Gasteiger partial charge in [-0.1, -0.05) is 30.3 Å². The third-order valence-corrected chi connectivity index (χ3v) is 2.75. The Labute approximate surface area is 101 Å². The number of benzene rings is 1. The van der Waals surface area contributed by atoms with Crippen molar-refractivity contribution < 1.29 is 9.60 Å². The first-order chi connectivity index (χ1) is 8.10. The van der Waals surface area contributed by atoms with Crippen molar-refractivity contribution in [3.63, 3.8) is 0 Å². The van der Waals surface area contributed by atoms with Gasteiger partial charge >= 0.3 is 0 Å². The number of amidine groups is 1. The van der Waals surface area contributed by atoms with Crippen molar-refractivity contribution in [2.24, 2.45) is 10.9 Å². The topological polar surface area (TPSA) is 61.9 Å². The van der Waals surface area contributed by atoms with E-state index < -0.39 is 0 Å². The average Bonchev–Trinajstić information content (AvgIpc) is 2.32. The van der Waals surface area contributed by atoms with E-state index in [1.165, 1.54) is 6.07 Å². The molecule has 4 nitrogen and oxygen atoms in total. The number of oxime groups is 1. The zero-order chi connectivity index (χ0) is 12.8. The molecular formula is C12H18FN3O. The van der Waals surface area contributed by atoms with Gasteiger partial charge in [0.15, 0.2) is 5.84 Å². The monoisotopic (exact) mass is 239 g/mol. The standard InChI is InChI=1S/C12H18FN3O/c1-3-11(12(14)15-17)16(2)8-9-6-4-5-7-10(9)13/h4-7,11,17H,3,8H2,1-2H3,(H2,14,15). The van der Waals surface area contributed by atoms with Crippen molar-refractivity contribution in [3.8, 4) is 0 Å². The Balaban J connectivity index is 2.78. The van der Waals surface area contributed by atoms with E-state index in [0.29, 0.717) is 18.5 Å². The molecule has 0 amide bonds. The van der Waals surface area contributed by atoms with Gasteiger partial charge in [0.2, 0.25) is 0 Å². The number of likely N-dealkylation sites (N-methyl/N-ethyl adjacent to an activating group) is 1. The van der Waals surface area contributed by atoms with Crippen LogP contribution in [0.3, 0.4) is 0 Å². The van der Waals surface area contributed by atoms with Gasteiger partial charge < -0.3 is 10.9 Å². The lowest BCUT2D eigenvalue weighted by Gasteiger charge is -2.26. The van der Waals surface area contributed by atoms with E-state index in [-0.39, 0.29) is 17.7 Å². The first-order valence-corrected chi connectivity index (χ1v) is 5.51. The Morgan fingerprint density at radius 3 is 2.71 bits per heavy atom. The fourth-order valence-electron chi connectivity index (χ4n) is 1.82. The maximum absolute atomic E-state index is 13.5. The highest BCUT2D eigenvalue weighted by Gasteiger charge is 2.18. The minimum atomic E-state index is -0.242. The fourth-order valence-corrected chi connectivity index (χ4v) is 1.82. The van der Waals surface area contributed by atoms with E-state index in [9.17, 15) is 4.39 Å². The molecule has 1 atom stereocenters. The number of nitrogens with two attached hydrogens (primary N) is 1. The van der Waals surface area contributed by atoms with E-state index in [2.05, 4.69) is 5.16 Å². The van der Waals surface area contributed by atoms with Crippen LogP contribution in [0.25, 0.3) is 0 Å². The summed E-state index contributed by atoms with van der Waals surface area (Å²) < 4.78 is 13.5. The quantitative estimate of drug-likeness (QED) is 0.356. The van der Waals surface area contributed by atoms with Gasteiger partial charge in [0.25, 0.3) is 0 Å². The average molecular weight is 239 g/mol. The van der Waals surface area contributed by atoms with Crippen molar-refractivity contribution in [2.45, 2.75) is 25.9 Å². The maximum atomic E-state index is 13.5. The second kappa shape index (κ2) is 6.20. The molecule has 0 aliphatic carbocycles. The summed E-state index contributed by atoms with van der Waals surface area (Å²) in [5.41, 5.74) is 6.18. The molecule has 3 N–H and O–H groups in total. The summed E-state index contributed by atoms with van der Waals surface area (Å²) in [7, 11) is 1.82. The lowest BCUT2D eigenvalue weighted by atomic mass is 10.1. The van der Waals surface area contributed by atoms with Gasteiger partial charge in [-0.3, -0.25) is 4.90 Å². The highest BCUT2D eigenvalue weighted by molar-refractivity contribution is 5.85. The van der Waals surface area contributed by atoms with E-state index in [1.54, 1.807) is 18.2 Å². The Bertz CT molecular complexity index is 395. The minimum Gasteiger partial charge on any atom is -0.409 e. The molecule has 5 heteroatoms. The van der Waals surface area contributed by atoms with Gasteiger partial charge in [-0.2, -0.15) is 0 Å². The fraction of sp³-hybridized carbons (Fsp3) is 0.417. The lowest BCUT2D eigenvalue weighted by Crippen LogP contribution is -2.42. The summed E-state index contributed by atoms with van der Waals surface area (Å²) >= 11 is 0. The highest BCUT2D eigenvalue weighted by Crippen LogP contribution is 2.12. The number of hydrogen-bond donors (Lipinski definition) is 2. The minimum absolute atomic E-state index is 0.145. The molecule has 0 saturated heterocycles. The van der Waals surface area contributed by atoms with E-state index in [4.69, 9.17) is 10.9 Å². The molecule has 0 saturated carbocycles. The van der Waals surface area contributed by atoms with E-state index in [0.717, 1.165) is 0 Å². The van der Waals surface area contributed by atoms with Gasteiger partial charge in [-0.15, -0.1) is 0 Å². The molecule has 0 bridgehead atoms. The largest absolute Gasteiger partial charge is 0.409 e. The van der Waals surface area contributed by atoms with Crippen LogP contribution in [-0.4, -0.2) is 29.0 Å². The van der Waals surface area contributed by atoms with Gasteiger partial charge in [-0.25, -0.2) is 4.39 Å². The van der Waals surface area contributed by atoms with Crippen molar-refractivity contribution in [3.05, 3.63) is 35.6 Å². The Morgan fingerprint density at radius 2 is 2.18 bits per heavy atom. The molecule has 0 spiro atoms. The second-order valence-corrected chi connectivity index (χ2v) is 3.96. The normalized spacial score (nSPS) is 14.0. The van der Waals surface area contributed by atoms with Gasteiger partial charge in [0.1, 0.15) is 5.82 Å². The Kier molecular flexibility index (Phi) is 4.90. The lowest BCUT2D eigenvalue weighted by molar-refractivity contribution is 0.261. The zero-order valence-electron chi connectivity index (χ0n) is 10.1. The van der Waals surface area contributed by atoms with Crippen LogP contribution in [-0.2, 0) is 6.54 Å². The van der Waals surface area contributed by atoms with Gasteiger partial charge in [0.05, 0.1) is 6.04 Å². The summed E-state index contributed by atoms with van der Waals surface area (Å²) in [5.74, 6) is -0.0972. The maximum Gasteiger partial charge on any atom is 0.156 e. The predicted octanol–water partition coefficient (Wildman–Crippen LogP) is 1.78. The number of hydrogen-bond acceptors (Lipinski definition) is 3. The molecule has 0 aromatic heterocycles. The van der Waals surface area contributed by atoms with Gasteiger partial charge in [-0.05, 0) is 19.5 Å². The van der Waals surface area contributed by atoms with Crippen molar-refractivity contribution in [2.75, 3.05) is 7.05 Å². The zero-order valence-corrected chi connectivity index (χ0v) is 10.1. The predicted molar refractivity (Wildman–Crippen MR) is 65.4 cm³/mol. The van der Waals surface area contributed by atoms with E-state index >= 15 is 0 Å². The molecule has 0 aliphatic heterocycles. The van der Waals surface area contributed by atoms with Crippen LogP contribution in [0.15, 0.2) is 29.4 Å². The van der Waals surface area contributed by atoms with Crippen LogP contribution in [0.4, 0.5) is 4.39 Å². The molecule has 1 aromatic carbocycles. The molecule has 17 heavy (non-hydrogen) atoms. The first-order valence-electron chi connectivity index (χ1n) is 5.51. The van der Waals surface area contributed by atoms with Crippen LogP contribution in [0, 0.1) is 5.82 Å². The third-order valence-electron chi connectivity index (χ3n) is 2.75. The summed E-state index contributed by atoms with van der Waals surface area (Å²) in [6, 6.07) is 6.40. The number of halogens is 1. The molecule has 0 radical (unpaired) electrons. The van der Waals surface area contributed by atoms with Crippen LogP contribution in [0.5, 0.6) is 0 Å². The number of rotatable bonds is 5. The van der Waals surface area contributed by atoms with Crippen LogP contribution in [0.1, 0.15) is 18.9 Å². The Morgan fingerprint density at radius 1 is 1.53 bits per heavy atom. The second-order valence-electron chi connectivity index (χ2n) is 3.96. The highest BCUT2D eigenvalue weighted by atomic mass is 19.1. The summed E-state index contributed by atoms with van der Waals surface area (Å²) in [6.45, 7) is 2.35. The first kappa shape index (κ1) is 13.4. The summed E-state index contributed by atoms with van der Waals surface area (Å²) in [5, 5.41) is 11.7. The van der Waals surface area contributed by atoms with Crippen molar-refractivity contribution in [1.82, 2.24) is 4.90 Å². The molecular weight excluding hydrogens is 221 g/mol. The molecule has 0 heterocycles. The smallest absolute Gasteiger partial charge is 0.156 e.